The van der Waals surface area contributed by atoms with Crippen LogP contribution in [0.4, 0.5) is 0 Å². The van der Waals surface area contributed by atoms with Gasteiger partial charge in [0.05, 0.1) is 19.8 Å². The SMILES string of the molecule is CCOc1ccc(COC2C(C3COC4(CCCCC4)O3)OC3OC4(CCCCC4)OC32)cc1. The summed E-state index contributed by atoms with van der Waals surface area (Å²) in [4.78, 5) is 0. The van der Waals surface area contributed by atoms with Crippen molar-refractivity contribution in [3.8, 4) is 5.75 Å². The monoisotopic (exact) mass is 474 g/mol. The lowest BCUT2D eigenvalue weighted by atomic mass is 9.94. The number of hydrogen-bond acceptors (Lipinski definition) is 7. The molecule has 0 radical (unpaired) electrons. The van der Waals surface area contributed by atoms with E-state index in [9.17, 15) is 0 Å². The van der Waals surface area contributed by atoms with E-state index in [2.05, 4.69) is 0 Å². The van der Waals surface area contributed by atoms with Crippen molar-refractivity contribution in [2.45, 2.75) is 120 Å². The molecule has 3 aliphatic heterocycles. The molecule has 7 heteroatoms. The van der Waals surface area contributed by atoms with Gasteiger partial charge in [0, 0.05) is 25.7 Å². The lowest BCUT2D eigenvalue weighted by Gasteiger charge is -2.35. The summed E-state index contributed by atoms with van der Waals surface area (Å²) in [5.41, 5.74) is 1.09. The Labute approximate surface area is 202 Å². The third-order valence-corrected chi connectivity index (χ3v) is 8.04. The fraction of sp³-hybridized carbons (Fsp3) is 0.778. The van der Waals surface area contributed by atoms with Crippen LogP contribution in [0.15, 0.2) is 24.3 Å². The highest BCUT2D eigenvalue weighted by atomic mass is 16.9. The van der Waals surface area contributed by atoms with E-state index in [1.807, 2.05) is 31.2 Å². The van der Waals surface area contributed by atoms with Crippen molar-refractivity contribution in [3.05, 3.63) is 29.8 Å². The first-order chi connectivity index (χ1) is 16.7. The van der Waals surface area contributed by atoms with E-state index in [-0.39, 0.29) is 24.4 Å². The summed E-state index contributed by atoms with van der Waals surface area (Å²) < 4.78 is 44.4. The number of rotatable bonds is 6. The third kappa shape index (κ3) is 4.51. The second kappa shape index (κ2) is 9.68. The van der Waals surface area contributed by atoms with E-state index in [1.54, 1.807) is 0 Å². The molecular formula is C27H38O7. The molecule has 6 rings (SSSR count). The van der Waals surface area contributed by atoms with Gasteiger partial charge in [0.15, 0.2) is 17.9 Å². The van der Waals surface area contributed by atoms with E-state index in [1.165, 1.54) is 12.8 Å². The minimum absolute atomic E-state index is 0.177. The van der Waals surface area contributed by atoms with Gasteiger partial charge in [0.1, 0.15) is 30.2 Å². The van der Waals surface area contributed by atoms with Crippen molar-refractivity contribution in [3.63, 3.8) is 0 Å². The quantitative estimate of drug-likeness (QED) is 0.584. The molecule has 34 heavy (non-hydrogen) atoms. The molecule has 1 aromatic carbocycles. The van der Waals surface area contributed by atoms with Crippen molar-refractivity contribution >= 4 is 0 Å². The largest absolute Gasteiger partial charge is 0.494 e. The topological polar surface area (TPSA) is 64.6 Å². The molecule has 0 aromatic heterocycles. The first-order valence-corrected chi connectivity index (χ1v) is 13.3. The van der Waals surface area contributed by atoms with E-state index in [0.717, 1.165) is 62.7 Å². The zero-order chi connectivity index (χ0) is 23.0. The maximum atomic E-state index is 6.60. The Balaban J connectivity index is 1.17. The van der Waals surface area contributed by atoms with E-state index in [4.69, 9.17) is 33.2 Å². The van der Waals surface area contributed by atoms with Crippen LogP contribution in [0, 0.1) is 0 Å². The highest BCUT2D eigenvalue weighted by molar-refractivity contribution is 5.26. The average molecular weight is 475 g/mol. The summed E-state index contributed by atoms with van der Waals surface area (Å²) in [5.74, 6) is -0.0956. The molecule has 5 unspecified atom stereocenters. The first-order valence-electron chi connectivity index (χ1n) is 13.3. The van der Waals surface area contributed by atoms with Crippen LogP contribution in [0.2, 0.25) is 0 Å². The Morgan fingerprint density at radius 2 is 1.53 bits per heavy atom. The van der Waals surface area contributed by atoms with Gasteiger partial charge in [-0.2, -0.15) is 0 Å². The first kappa shape index (κ1) is 23.2. The molecule has 188 valence electrons. The Hall–Kier alpha value is -1.22. The van der Waals surface area contributed by atoms with E-state index >= 15 is 0 Å². The molecule has 3 saturated heterocycles. The van der Waals surface area contributed by atoms with Gasteiger partial charge >= 0.3 is 0 Å². The normalized spacial score (nSPS) is 36.2. The fourth-order valence-electron chi connectivity index (χ4n) is 6.30. The molecule has 3 heterocycles. The summed E-state index contributed by atoms with van der Waals surface area (Å²) in [6, 6.07) is 8.07. The number of fused-ring (bicyclic) bond motifs is 1. The van der Waals surface area contributed by atoms with Gasteiger partial charge in [-0.1, -0.05) is 25.0 Å². The van der Waals surface area contributed by atoms with E-state index < -0.39 is 17.9 Å². The molecule has 5 aliphatic rings. The van der Waals surface area contributed by atoms with Gasteiger partial charge in [-0.25, -0.2) is 0 Å². The van der Waals surface area contributed by atoms with Gasteiger partial charge < -0.3 is 33.2 Å². The van der Waals surface area contributed by atoms with Crippen LogP contribution in [0.1, 0.15) is 76.7 Å². The van der Waals surface area contributed by atoms with Crippen LogP contribution in [-0.2, 0) is 35.0 Å². The summed E-state index contributed by atoms with van der Waals surface area (Å²) in [5, 5.41) is 0. The van der Waals surface area contributed by atoms with Crippen molar-refractivity contribution < 1.29 is 33.2 Å². The average Bonchev–Trinajstić information content (AvgIpc) is 3.51. The van der Waals surface area contributed by atoms with Crippen molar-refractivity contribution in [2.24, 2.45) is 0 Å². The molecule has 2 saturated carbocycles. The highest BCUT2D eigenvalue weighted by Gasteiger charge is 2.61. The summed E-state index contributed by atoms with van der Waals surface area (Å²) in [7, 11) is 0. The van der Waals surface area contributed by atoms with Gasteiger partial charge in [-0.05, 0) is 50.3 Å². The Morgan fingerprint density at radius 1 is 0.824 bits per heavy atom. The fourth-order valence-corrected chi connectivity index (χ4v) is 6.30. The zero-order valence-corrected chi connectivity index (χ0v) is 20.2. The molecule has 0 bridgehead atoms. The molecule has 2 aliphatic carbocycles. The van der Waals surface area contributed by atoms with Gasteiger partial charge in [0.2, 0.25) is 0 Å². The lowest BCUT2D eigenvalue weighted by Crippen LogP contribution is -2.45. The Morgan fingerprint density at radius 3 is 2.24 bits per heavy atom. The zero-order valence-electron chi connectivity index (χ0n) is 20.2. The molecule has 2 spiro atoms. The van der Waals surface area contributed by atoms with Gasteiger partial charge in [-0.15, -0.1) is 0 Å². The van der Waals surface area contributed by atoms with E-state index in [0.29, 0.717) is 19.8 Å². The van der Waals surface area contributed by atoms with Crippen molar-refractivity contribution in [2.75, 3.05) is 13.2 Å². The molecule has 5 atom stereocenters. The third-order valence-electron chi connectivity index (χ3n) is 8.04. The second-order valence-corrected chi connectivity index (χ2v) is 10.4. The Bertz CT molecular complexity index is 815. The summed E-state index contributed by atoms with van der Waals surface area (Å²) in [6.45, 7) is 3.64. The molecule has 5 fully saturated rings. The highest BCUT2D eigenvalue weighted by Crippen LogP contribution is 2.48. The summed E-state index contributed by atoms with van der Waals surface area (Å²) >= 11 is 0. The molecule has 7 nitrogen and oxygen atoms in total. The molecule has 0 N–H and O–H groups in total. The smallest absolute Gasteiger partial charge is 0.190 e. The second-order valence-electron chi connectivity index (χ2n) is 10.4. The van der Waals surface area contributed by atoms with Crippen LogP contribution in [0.25, 0.3) is 0 Å². The molecule has 0 amide bonds. The van der Waals surface area contributed by atoms with Crippen molar-refractivity contribution in [1.82, 2.24) is 0 Å². The minimum Gasteiger partial charge on any atom is -0.494 e. The van der Waals surface area contributed by atoms with Gasteiger partial charge in [-0.3, -0.25) is 0 Å². The maximum absolute atomic E-state index is 6.60. The van der Waals surface area contributed by atoms with Crippen LogP contribution in [0.3, 0.4) is 0 Å². The lowest BCUT2D eigenvalue weighted by molar-refractivity contribution is -0.263. The maximum Gasteiger partial charge on any atom is 0.190 e. The number of benzene rings is 1. The molecule has 1 aromatic rings. The standard InChI is InChI=1S/C27H38O7/c1-2-28-20-11-9-19(10-12-20)17-29-23-22(21-18-30-26(32-21)13-5-3-6-14-26)31-25-24(23)33-27(34-25)15-7-4-8-16-27/h9-12,21-25H,2-8,13-18H2,1H3. The minimum atomic E-state index is -0.517. The number of ether oxygens (including phenoxy) is 7. The summed E-state index contributed by atoms with van der Waals surface area (Å²) in [6.07, 6.45) is 9.40. The van der Waals surface area contributed by atoms with Crippen molar-refractivity contribution in [1.29, 1.82) is 0 Å². The predicted molar refractivity (Wildman–Crippen MR) is 123 cm³/mol. The van der Waals surface area contributed by atoms with Crippen LogP contribution >= 0.6 is 0 Å². The van der Waals surface area contributed by atoms with Gasteiger partial charge in [0.25, 0.3) is 0 Å². The van der Waals surface area contributed by atoms with Crippen LogP contribution in [-0.4, -0.2) is 55.5 Å². The number of hydrogen-bond donors (Lipinski definition) is 0. The predicted octanol–water partition coefficient (Wildman–Crippen LogP) is 4.85. The van der Waals surface area contributed by atoms with Crippen LogP contribution in [0.5, 0.6) is 5.75 Å². The Kier molecular flexibility index (Phi) is 6.60. The van der Waals surface area contributed by atoms with Crippen LogP contribution < -0.4 is 4.74 Å². The molecular weight excluding hydrogens is 436 g/mol.